The Morgan fingerprint density at radius 2 is 1.11 bits per heavy atom. The Balaban J connectivity index is 1.09. The molecule has 8 aromatic carbocycles. The zero-order valence-electron chi connectivity index (χ0n) is 30.3. The van der Waals surface area contributed by atoms with Crippen LogP contribution in [0.1, 0.15) is 25.0 Å². The van der Waals surface area contributed by atoms with E-state index in [0.29, 0.717) is 0 Å². The molecule has 0 spiro atoms. The molecule has 0 atom stereocenters. The number of hydrogen-bond acceptors (Lipinski definition) is 3. The van der Waals surface area contributed by atoms with Crippen molar-refractivity contribution in [2.45, 2.75) is 19.3 Å². The summed E-state index contributed by atoms with van der Waals surface area (Å²) in [7, 11) is 0. The monoisotopic (exact) mass is 719 g/mol. The Morgan fingerprint density at radius 3 is 2.00 bits per heavy atom. The lowest BCUT2D eigenvalue weighted by molar-refractivity contribution is 0.660. The van der Waals surface area contributed by atoms with Crippen LogP contribution >= 0.6 is 11.3 Å². The number of fused-ring (bicyclic) bond motifs is 11. The first kappa shape index (κ1) is 30.8. The Labute approximate surface area is 321 Å². The Bertz CT molecular complexity index is 3420. The van der Waals surface area contributed by atoms with Gasteiger partial charge < -0.3 is 0 Å². The van der Waals surface area contributed by atoms with Crippen LogP contribution in [0.3, 0.4) is 0 Å². The van der Waals surface area contributed by atoms with Crippen LogP contribution in [-0.4, -0.2) is 14.8 Å². The quantitative estimate of drug-likeness (QED) is 0.182. The molecule has 0 amide bonds. The first-order valence-electron chi connectivity index (χ1n) is 18.9. The average molecular weight is 720 g/mol. The van der Waals surface area contributed by atoms with Crippen LogP contribution in [0, 0.1) is 0 Å². The molecule has 1 aliphatic rings. The SMILES string of the molecule is CC1(C)c2ccccc2-c2ccc(-c3ccc4c(c3)c3cc5ccccc5cc3n4-c3nnc(-c4cccc5c4sc4ccccc45)c4ccccc34)cc21. The lowest BCUT2D eigenvalue weighted by atomic mass is 9.81. The van der Waals surface area contributed by atoms with Crippen molar-refractivity contribution in [1.82, 2.24) is 14.8 Å². The molecular formula is C51H33N3S. The average Bonchev–Trinajstić information content (AvgIpc) is 3.84. The van der Waals surface area contributed by atoms with E-state index in [4.69, 9.17) is 10.2 Å². The van der Waals surface area contributed by atoms with Crippen molar-refractivity contribution in [2.75, 3.05) is 0 Å². The third-order valence-corrected chi connectivity index (χ3v) is 13.3. The van der Waals surface area contributed by atoms with Gasteiger partial charge in [-0.05, 0) is 80.6 Å². The standard InChI is InChI=1S/C51H33N3S/c1-51(2)43-20-9-7-14-34(43)35-24-22-33(28-44(35)51)32-23-25-45-41(27-32)42-26-30-12-3-4-13-31(30)29-46(42)54(45)50-39-17-6-5-16-37(39)48(52-53-50)40-19-11-18-38-36-15-8-10-21-47(36)55-49(38)40/h3-29H,1-2H3. The van der Waals surface area contributed by atoms with E-state index in [1.807, 2.05) is 11.3 Å². The highest BCUT2D eigenvalue weighted by molar-refractivity contribution is 7.26. The molecule has 11 aromatic rings. The number of hydrogen-bond donors (Lipinski definition) is 0. The van der Waals surface area contributed by atoms with Gasteiger partial charge in [-0.15, -0.1) is 21.5 Å². The second kappa shape index (κ2) is 11.2. The van der Waals surface area contributed by atoms with E-state index in [-0.39, 0.29) is 5.41 Å². The van der Waals surface area contributed by atoms with Crippen LogP contribution < -0.4 is 0 Å². The highest BCUT2D eigenvalue weighted by Gasteiger charge is 2.35. The van der Waals surface area contributed by atoms with Gasteiger partial charge in [-0.2, -0.15) is 0 Å². The molecule has 1 aliphatic carbocycles. The van der Waals surface area contributed by atoms with Crippen molar-refractivity contribution in [2.24, 2.45) is 0 Å². The van der Waals surface area contributed by atoms with Crippen LogP contribution in [0.4, 0.5) is 0 Å². The maximum Gasteiger partial charge on any atom is 0.168 e. The Morgan fingerprint density at radius 1 is 0.455 bits per heavy atom. The minimum Gasteiger partial charge on any atom is -0.292 e. The van der Waals surface area contributed by atoms with Gasteiger partial charge in [0.25, 0.3) is 0 Å². The van der Waals surface area contributed by atoms with Gasteiger partial charge in [0.05, 0.1) is 11.0 Å². The molecule has 0 unspecified atom stereocenters. The topological polar surface area (TPSA) is 30.7 Å². The van der Waals surface area contributed by atoms with Crippen LogP contribution in [0.25, 0.3) is 103 Å². The highest BCUT2D eigenvalue weighted by Crippen LogP contribution is 2.50. The van der Waals surface area contributed by atoms with Crippen LogP contribution in [0.2, 0.25) is 0 Å². The third kappa shape index (κ3) is 4.31. The van der Waals surface area contributed by atoms with Crippen LogP contribution in [0.5, 0.6) is 0 Å². The van der Waals surface area contributed by atoms with Gasteiger partial charge in [0.2, 0.25) is 0 Å². The summed E-state index contributed by atoms with van der Waals surface area (Å²) in [5, 5.41) is 19.8. The smallest absolute Gasteiger partial charge is 0.168 e. The second-order valence-corrected chi connectivity index (χ2v) is 16.5. The van der Waals surface area contributed by atoms with Gasteiger partial charge in [0.1, 0.15) is 5.69 Å². The molecule has 0 saturated carbocycles. The van der Waals surface area contributed by atoms with Gasteiger partial charge in [0.15, 0.2) is 5.82 Å². The highest BCUT2D eigenvalue weighted by atomic mass is 32.1. The number of thiophene rings is 1. The summed E-state index contributed by atoms with van der Waals surface area (Å²) in [6, 6.07) is 60.0. The molecule has 0 aliphatic heterocycles. The van der Waals surface area contributed by atoms with Crippen LogP contribution in [-0.2, 0) is 5.41 Å². The molecular weight excluding hydrogens is 687 g/mol. The third-order valence-electron chi connectivity index (χ3n) is 12.1. The molecule has 0 bridgehead atoms. The predicted octanol–water partition coefficient (Wildman–Crippen LogP) is 13.9. The van der Waals surface area contributed by atoms with Crippen molar-refractivity contribution in [3.63, 3.8) is 0 Å². The molecule has 55 heavy (non-hydrogen) atoms. The van der Waals surface area contributed by atoms with Crippen molar-refractivity contribution in [1.29, 1.82) is 0 Å². The minimum absolute atomic E-state index is 0.0602. The molecule has 0 fully saturated rings. The van der Waals surface area contributed by atoms with Gasteiger partial charge in [-0.3, -0.25) is 4.57 Å². The first-order chi connectivity index (χ1) is 27.0. The zero-order chi connectivity index (χ0) is 36.4. The molecule has 0 saturated heterocycles. The summed E-state index contributed by atoms with van der Waals surface area (Å²) in [6.07, 6.45) is 0. The van der Waals surface area contributed by atoms with Crippen molar-refractivity contribution in [3.8, 4) is 39.3 Å². The number of rotatable bonds is 3. The van der Waals surface area contributed by atoms with E-state index in [2.05, 4.69) is 182 Å². The molecule has 4 heteroatoms. The summed E-state index contributed by atoms with van der Waals surface area (Å²) in [5.41, 5.74) is 12.1. The normalized spacial score (nSPS) is 13.4. The second-order valence-electron chi connectivity index (χ2n) is 15.4. The van der Waals surface area contributed by atoms with Gasteiger partial charge in [-0.25, -0.2) is 0 Å². The first-order valence-corrected chi connectivity index (χ1v) is 19.7. The maximum absolute atomic E-state index is 5.14. The Hall–Kier alpha value is -6.62. The largest absolute Gasteiger partial charge is 0.292 e. The lowest BCUT2D eigenvalue weighted by Crippen LogP contribution is -2.14. The number of aromatic nitrogens is 3. The summed E-state index contributed by atoms with van der Waals surface area (Å²) < 4.78 is 4.86. The summed E-state index contributed by atoms with van der Waals surface area (Å²) in [4.78, 5) is 0. The fourth-order valence-electron chi connectivity index (χ4n) is 9.38. The summed E-state index contributed by atoms with van der Waals surface area (Å²) >= 11 is 1.83. The van der Waals surface area contributed by atoms with Gasteiger partial charge >= 0.3 is 0 Å². The van der Waals surface area contributed by atoms with Crippen molar-refractivity contribution >= 4 is 74.9 Å². The van der Waals surface area contributed by atoms with E-state index in [9.17, 15) is 0 Å². The molecule has 3 heterocycles. The van der Waals surface area contributed by atoms with E-state index < -0.39 is 0 Å². The minimum atomic E-state index is -0.0602. The molecule has 0 radical (unpaired) electrons. The molecule has 0 N–H and O–H groups in total. The van der Waals surface area contributed by atoms with E-state index in [0.717, 1.165) is 38.9 Å². The molecule has 3 nitrogen and oxygen atoms in total. The van der Waals surface area contributed by atoms with Gasteiger partial charge in [0, 0.05) is 52.7 Å². The maximum atomic E-state index is 5.14. The fourth-order valence-corrected chi connectivity index (χ4v) is 10.6. The van der Waals surface area contributed by atoms with Crippen molar-refractivity contribution in [3.05, 3.63) is 175 Å². The Kier molecular flexibility index (Phi) is 6.27. The molecule has 3 aromatic heterocycles. The predicted molar refractivity (Wildman–Crippen MR) is 233 cm³/mol. The van der Waals surface area contributed by atoms with E-state index in [1.54, 1.807) is 0 Å². The number of nitrogens with zero attached hydrogens (tertiary/aromatic N) is 3. The van der Waals surface area contributed by atoms with Crippen LogP contribution in [0.15, 0.2) is 164 Å². The molecule has 12 rings (SSSR count). The lowest BCUT2D eigenvalue weighted by Gasteiger charge is -2.22. The summed E-state index contributed by atoms with van der Waals surface area (Å²) in [5.74, 6) is 0.836. The molecule has 258 valence electrons. The fraction of sp³-hybridized carbons (Fsp3) is 0.0588. The van der Waals surface area contributed by atoms with E-state index in [1.165, 1.54) is 75.1 Å². The summed E-state index contributed by atoms with van der Waals surface area (Å²) in [6.45, 7) is 4.70. The number of benzene rings is 8. The zero-order valence-corrected chi connectivity index (χ0v) is 31.2. The van der Waals surface area contributed by atoms with E-state index >= 15 is 0 Å². The van der Waals surface area contributed by atoms with Crippen molar-refractivity contribution < 1.29 is 0 Å². The van der Waals surface area contributed by atoms with Gasteiger partial charge in [-0.1, -0.05) is 141 Å².